The lowest BCUT2D eigenvalue weighted by molar-refractivity contribution is 0.918. The molecular weight excluding hydrogens is 272 g/mol. The van der Waals surface area contributed by atoms with Gasteiger partial charge in [-0.3, -0.25) is 4.57 Å². The van der Waals surface area contributed by atoms with Crippen molar-refractivity contribution in [2.24, 2.45) is 0 Å². The zero-order valence-electron chi connectivity index (χ0n) is 8.33. The number of hydrogen-bond donors (Lipinski definition) is 1. The third-order valence-corrected chi connectivity index (χ3v) is 3.28. The van der Waals surface area contributed by atoms with E-state index >= 15 is 0 Å². The van der Waals surface area contributed by atoms with Crippen LogP contribution in [0.1, 0.15) is 12.6 Å². The molecule has 2 nitrogen and oxygen atoms in total. The van der Waals surface area contributed by atoms with Crippen molar-refractivity contribution in [2.75, 3.05) is 0 Å². The third kappa shape index (κ3) is 1.92. The van der Waals surface area contributed by atoms with Crippen LogP contribution in [0, 0.1) is 4.77 Å². The van der Waals surface area contributed by atoms with Crippen molar-refractivity contribution in [1.29, 1.82) is 0 Å². The summed E-state index contributed by atoms with van der Waals surface area (Å²) in [5, 5.41) is 0. The van der Waals surface area contributed by atoms with E-state index < -0.39 is 0 Å². The van der Waals surface area contributed by atoms with Crippen LogP contribution in [0.4, 0.5) is 0 Å². The first kappa shape index (κ1) is 10.6. The molecule has 0 aliphatic rings. The number of hydrogen-bond acceptors (Lipinski definition) is 1. The molecule has 15 heavy (non-hydrogen) atoms. The number of H-pyrrole nitrogens is 1. The van der Waals surface area contributed by atoms with Gasteiger partial charge in [0.25, 0.3) is 0 Å². The first-order chi connectivity index (χ1) is 7.24. The molecule has 1 heterocycles. The molecule has 78 valence electrons. The highest BCUT2D eigenvalue weighted by Gasteiger charge is 2.06. The molecule has 1 aromatic heterocycles. The number of nitrogens with zero attached hydrogens (tertiary/aromatic N) is 1. The molecule has 0 unspecified atom stereocenters. The fraction of sp³-hybridized carbons (Fsp3) is 0.182. The van der Waals surface area contributed by atoms with E-state index in [4.69, 9.17) is 12.2 Å². The average molecular weight is 283 g/mol. The van der Waals surface area contributed by atoms with Gasteiger partial charge in [0.15, 0.2) is 4.77 Å². The molecule has 0 spiro atoms. The maximum Gasteiger partial charge on any atom is 0.182 e. The Kier molecular flexibility index (Phi) is 3.07. The van der Waals surface area contributed by atoms with Crippen molar-refractivity contribution in [3.63, 3.8) is 0 Å². The molecule has 1 aromatic carbocycles. The monoisotopic (exact) mass is 282 g/mol. The second-order valence-electron chi connectivity index (χ2n) is 3.23. The Morgan fingerprint density at radius 1 is 1.40 bits per heavy atom. The lowest BCUT2D eigenvalue weighted by Gasteiger charge is -2.08. The van der Waals surface area contributed by atoms with Crippen molar-refractivity contribution in [3.8, 4) is 5.69 Å². The predicted octanol–water partition coefficient (Wildman–Crippen LogP) is 3.86. The zero-order valence-corrected chi connectivity index (χ0v) is 10.7. The summed E-state index contributed by atoms with van der Waals surface area (Å²) in [6.45, 7) is 2.12. The van der Waals surface area contributed by atoms with Gasteiger partial charge in [-0.15, -0.1) is 0 Å². The maximum atomic E-state index is 5.27. The number of halogens is 1. The summed E-state index contributed by atoms with van der Waals surface area (Å²) in [5.74, 6) is 0. The summed E-state index contributed by atoms with van der Waals surface area (Å²) >= 11 is 8.80. The van der Waals surface area contributed by atoms with Crippen LogP contribution < -0.4 is 0 Å². The van der Waals surface area contributed by atoms with E-state index in [0.29, 0.717) is 0 Å². The molecule has 0 radical (unpaired) electrons. The van der Waals surface area contributed by atoms with Crippen LogP contribution in [0.3, 0.4) is 0 Å². The van der Waals surface area contributed by atoms with Crippen LogP contribution in [0.5, 0.6) is 0 Å². The SMILES string of the molecule is CCc1c[nH]c(=S)n1-c1ccccc1Br. The lowest BCUT2D eigenvalue weighted by atomic mass is 10.3. The van der Waals surface area contributed by atoms with Gasteiger partial charge in [0.2, 0.25) is 0 Å². The molecule has 0 fully saturated rings. The Hall–Kier alpha value is -0.870. The van der Waals surface area contributed by atoms with Crippen LogP contribution >= 0.6 is 28.1 Å². The number of aryl methyl sites for hydroxylation is 1. The minimum Gasteiger partial charge on any atom is -0.337 e. The van der Waals surface area contributed by atoms with Gasteiger partial charge >= 0.3 is 0 Å². The quantitative estimate of drug-likeness (QED) is 0.830. The lowest BCUT2D eigenvalue weighted by Crippen LogP contribution is -1.99. The normalized spacial score (nSPS) is 10.5. The first-order valence-electron chi connectivity index (χ1n) is 4.78. The van der Waals surface area contributed by atoms with E-state index in [1.54, 1.807) is 0 Å². The zero-order chi connectivity index (χ0) is 10.8. The molecule has 0 bridgehead atoms. The summed E-state index contributed by atoms with van der Waals surface area (Å²) in [7, 11) is 0. The second-order valence-corrected chi connectivity index (χ2v) is 4.47. The van der Waals surface area contributed by atoms with Gasteiger partial charge in [-0.1, -0.05) is 19.1 Å². The van der Waals surface area contributed by atoms with Gasteiger partial charge in [-0.25, -0.2) is 0 Å². The molecule has 4 heteroatoms. The number of para-hydroxylation sites is 1. The standard InChI is InChI=1S/C11H11BrN2S/c1-2-8-7-13-11(15)14(8)10-6-4-3-5-9(10)12/h3-7H,2H2,1H3,(H,13,15). The average Bonchev–Trinajstić information content (AvgIpc) is 2.60. The van der Waals surface area contributed by atoms with Gasteiger partial charge in [0.1, 0.15) is 0 Å². The highest BCUT2D eigenvalue weighted by Crippen LogP contribution is 2.22. The van der Waals surface area contributed by atoms with E-state index in [0.717, 1.165) is 21.4 Å². The van der Waals surface area contributed by atoms with Crippen LogP contribution in [0.25, 0.3) is 5.69 Å². The third-order valence-electron chi connectivity index (χ3n) is 2.31. The van der Waals surface area contributed by atoms with E-state index in [9.17, 15) is 0 Å². The van der Waals surface area contributed by atoms with Crippen molar-refractivity contribution in [3.05, 3.63) is 45.4 Å². The minimum atomic E-state index is 0.735. The van der Waals surface area contributed by atoms with Crippen LogP contribution in [0.15, 0.2) is 34.9 Å². The van der Waals surface area contributed by atoms with Gasteiger partial charge < -0.3 is 4.98 Å². The summed E-state index contributed by atoms with van der Waals surface area (Å²) in [5.41, 5.74) is 2.27. The Morgan fingerprint density at radius 2 is 2.13 bits per heavy atom. The van der Waals surface area contributed by atoms with E-state index in [-0.39, 0.29) is 0 Å². The van der Waals surface area contributed by atoms with E-state index in [2.05, 4.69) is 32.4 Å². The Morgan fingerprint density at radius 3 is 2.80 bits per heavy atom. The van der Waals surface area contributed by atoms with Gasteiger partial charge in [-0.05, 0) is 46.7 Å². The van der Waals surface area contributed by atoms with Crippen molar-refractivity contribution >= 4 is 28.1 Å². The summed E-state index contributed by atoms with van der Waals surface area (Å²) in [6, 6.07) is 8.07. The molecule has 0 saturated heterocycles. The number of aromatic amines is 1. The Bertz CT molecular complexity index is 527. The highest BCUT2D eigenvalue weighted by atomic mass is 79.9. The molecule has 1 N–H and O–H groups in total. The first-order valence-corrected chi connectivity index (χ1v) is 5.98. The number of nitrogens with one attached hydrogen (secondary N) is 1. The number of imidazole rings is 1. The largest absolute Gasteiger partial charge is 0.337 e. The topological polar surface area (TPSA) is 20.7 Å². The van der Waals surface area contributed by atoms with Gasteiger partial charge in [0, 0.05) is 16.4 Å². The van der Waals surface area contributed by atoms with Gasteiger partial charge in [0.05, 0.1) is 5.69 Å². The van der Waals surface area contributed by atoms with E-state index in [1.165, 1.54) is 5.69 Å². The molecule has 2 rings (SSSR count). The van der Waals surface area contributed by atoms with Crippen molar-refractivity contribution < 1.29 is 0 Å². The van der Waals surface area contributed by atoms with Crippen LogP contribution in [0.2, 0.25) is 0 Å². The summed E-state index contributed by atoms with van der Waals surface area (Å²) in [4.78, 5) is 3.07. The summed E-state index contributed by atoms with van der Waals surface area (Å²) < 4.78 is 3.84. The van der Waals surface area contributed by atoms with E-state index in [1.807, 2.05) is 30.5 Å². The second kappa shape index (κ2) is 4.33. The summed E-state index contributed by atoms with van der Waals surface area (Å²) in [6.07, 6.45) is 2.91. The molecule has 2 aromatic rings. The van der Waals surface area contributed by atoms with Gasteiger partial charge in [-0.2, -0.15) is 0 Å². The Balaban J connectivity index is 2.68. The number of benzene rings is 1. The van der Waals surface area contributed by atoms with Crippen molar-refractivity contribution in [2.45, 2.75) is 13.3 Å². The molecule has 0 aliphatic heterocycles. The molecular formula is C11H11BrN2S. The fourth-order valence-electron chi connectivity index (χ4n) is 1.56. The van der Waals surface area contributed by atoms with Crippen LogP contribution in [-0.4, -0.2) is 9.55 Å². The minimum absolute atomic E-state index is 0.735. The molecule has 0 amide bonds. The van der Waals surface area contributed by atoms with Crippen molar-refractivity contribution in [1.82, 2.24) is 9.55 Å². The smallest absolute Gasteiger partial charge is 0.182 e. The van der Waals surface area contributed by atoms with Crippen LogP contribution in [-0.2, 0) is 6.42 Å². The molecule has 0 aliphatic carbocycles. The molecule has 0 saturated carbocycles. The number of rotatable bonds is 2. The molecule has 0 atom stereocenters. The predicted molar refractivity (Wildman–Crippen MR) is 68.0 cm³/mol. The maximum absolute atomic E-state index is 5.27. The fourth-order valence-corrected chi connectivity index (χ4v) is 2.30. The highest BCUT2D eigenvalue weighted by molar-refractivity contribution is 9.10. The number of aromatic nitrogens is 2. The Labute approximate surface area is 102 Å².